The molecule has 30 heavy (non-hydrogen) atoms. The van der Waals surface area contributed by atoms with Gasteiger partial charge in [-0.2, -0.15) is 5.10 Å². The molecule has 0 aromatic heterocycles. The van der Waals surface area contributed by atoms with Crippen LogP contribution in [-0.2, 0) is 9.59 Å². The number of nitrogens with one attached hydrogen (secondary N) is 1. The normalized spacial score (nSPS) is 17.4. The van der Waals surface area contributed by atoms with Gasteiger partial charge in [0.25, 0.3) is 5.69 Å². The van der Waals surface area contributed by atoms with E-state index in [1.165, 1.54) is 24.0 Å². The summed E-state index contributed by atoms with van der Waals surface area (Å²) in [7, 11) is 0. The van der Waals surface area contributed by atoms with Crippen LogP contribution in [-0.4, -0.2) is 38.5 Å². The van der Waals surface area contributed by atoms with Crippen LogP contribution in [0.1, 0.15) is 12.0 Å². The Labute approximate surface area is 183 Å². The zero-order valence-electron chi connectivity index (χ0n) is 15.0. The van der Waals surface area contributed by atoms with E-state index in [-0.39, 0.29) is 17.3 Å². The zero-order chi connectivity index (χ0) is 21.7. The predicted octanol–water partition coefficient (Wildman–Crippen LogP) is 3.80. The summed E-state index contributed by atoms with van der Waals surface area (Å²) in [5, 5.41) is 30.3. The lowest BCUT2D eigenvalue weighted by atomic mass is 10.2. The molecule has 1 amide bonds. The average molecular weight is 465 g/mol. The Balaban J connectivity index is 1.73. The number of aliphatic carboxylic acids is 1. The second-order valence-electron chi connectivity index (χ2n) is 5.88. The van der Waals surface area contributed by atoms with Gasteiger partial charge in [-0.15, -0.1) is 5.10 Å². The highest BCUT2D eigenvalue weighted by atomic mass is 35.5. The van der Waals surface area contributed by atoms with Crippen molar-refractivity contribution in [3.63, 3.8) is 0 Å². The molecule has 1 atom stereocenters. The fraction of sp³-hybridized carbons (Fsp3) is 0.111. The molecule has 2 aromatic rings. The summed E-state index contributed by atoms with van der Waals surface area (Å²) in [6.45, 7) is 0. The van der Waals surface area contributed by atoms with Gasteiger partial charge in [0.2, 0.25) is 5.91 Å². The summed E-state index contributed by atoms with van der Waals surface area (Å²) in [4.78, 5) is 34.6. The quantitative estimate of drug-likeness (QED) is 0.361. The number of hydrogen-bond acceptors (Lipinski definition) is 8. The van der Waals surface area contributed by atoms with Gasteiger partial charge in [-0.05, 0) is 30.3 Å². The molecular weight excluding hydrogens is 452 g/mol. The lowest BCUT2D eigenvalue weighted by molar-refractivity contribution is -0.387. The third-order valence-electron chi connectivity index (χ3n) is 3.71. The molecule has 12 heteroatoms. The van der Waals surface area contributed by atoms with E-state index in [0.29, 0.717) is 15.5 Å². The van der Waals surface area contributed by atoms with Crippen LogP contribution in [0.15, 0.2) is 62.5 Å². The number of nitro groups is 1. The van der Waals surface area contributed by atoms with Gasteiger partial charge in [-0.25, -0.2) is 0 Å². The fourth-order valence-electron chi connectivity index (χ4n) is 2.37. The molecule has 1 aliphatic heterocycles. The highest BCUT2D eigenvalue weighted by molar-refractivity contribution is 8.15. The molecular formula is C18H13ClN4O5S2. The van der Waals surface area contributed by atoms with E-state index in [4.69, 9.17) is 16.7 Å². The fourth-order valence-corrected chi connectivity index (χ4v) is 4.31. The minimum atomic E-state index is -1.09. The Morgan fingerprint density at radius 2 is 2.07 bits per heavy atom. The first kappa shape index (κ1) is 21.8. The number of carbonyl (C=O) groups excluding carboxylic acids is 1. The van der Waals surface area contributed by atoms with Gasteiger partial charge >= 0.3 is 5.97 Å². The lowest BCUT2D eigenvalue weighted by Crippen LogP contribution is -2.26. The molecule has 0 bridgehead atoms. The largest absolute Gasteiger partial charge is 0.481 e. The molecule has 0 aliphatic carbocycles. The minimum absolute atomic E-state index is 0.0865. The van der Waals surface area contributed by atoms with Crippen molar-refractivity contribution in [2.75, 3.05) is 0 Å². The Hall–Kier alpha value is -2.89. The number of amidine groups is 1. The first-order valence-corrected chi connectivity index (χ1v) is 10.4. The van der Waals surface area contributed by atoms with Gasteiger partial charge in [0.1, 0.15) is 5.25 Å². The van der Waals surface area contributed by atoms with E-state index in [9.17, 15) is 19.7 Å². The molecule has 1 saturated heterocycles. The van der Waals surface area contributed by atoms with Crippen molar-refractivity contribution in [2.45, 2.75) is 21.5 Å². The second-order valence-corrected chi connectivity index (χ2v) is 8.63. The molecule has 2 aromatic carbocycles. The maximum absolute atomic E-state index is 11.7. The number of amides is 1. The standard InChI is InChI=1S/C18H13ClN4O5S2/c19-11-2-4-12(5-3-11)29-14-6-1-10(7-13(14)23(27)28)9-20-22-18-21-17(26)15(30-18)8-16(24)25/h1-7,9,15H,8H2,(H,24,25)(H,21,22,26). The Bertz CT molecular complexity index is 1060. The monoisotopic (exact) mass is 464 g/mol. The van der Waals surface area contributed by atoms with Gasteiger partial charge in [0.15, 0.2) is 5.17 Å². The molecule has 1 aliphatic rings. The second kappa shape index (κ2) is 9.74. The van der Waals surface area contributed by atoms with E-state index < -0.39 is 22.0 Å². The molecule has 3 rings (SSSR count). The summed E-state index contributed by atoms with van der Waals surface area (Å²) >= 11 is 8.06. The van der Waals surface area contributed by atoms with Crippen molar-refractivity contribution in [3.8, 4) is 0 Å². The average Bonchev–Trinajstić information content (AvgIpc) is 3.03. The molecule has 0 saturated carbocycles. The number of thioether (sulfide) groups is 1. The van der Waals surface area contributed by atoms with Crippen molar-refractivity contribution < 1.29 is 19.6 Å². The number of nitro benzene ring substituents is 1. The topological polar surface area (TPSA) is 134 Å². The first-order chi connectivity index (χ1) is 14.3. The molecule has 2 N–H and O–H groups in total. The molecule has 1 heterocycles. The van der Waals surface area contributed by atoms with E-state index in [0.717, 1.165) is 16.7 Å². The molecule has 1 unspecified atom stereocenters. The van der Waals surface area contributed by atoms with Gasteiger partial charge in [0.05, 0.1) is 22.5 Å². The number of carbonyl (C=O) groups is 2. The predicted molar refractivity (Wildman–Crippen MR) is 115 cm³/mol. The number of nitrogens with zero attached hydrogens (tertiary/aromatic N) is 3. The minimum Gasteiger partial charge on any atom is -0.481 e. The Morgan fingerprint density at radius 1 is 1.33 bits per heavy atom. The van der Waals surface area contributed by atoms with Gasteiger partial charge in [-0.3, -0.25) is 19.7 Å². The molecule has 154 valence electrons. The van der Waals surface area contributed by atoms with Crippen LogP contribution in [0.2, 0.25) is 5.02 Å². The van der Waals surface area contributed by atoms with Gasteiger partial charge in [-0.1, -0.05) is 41.2 Å². The van der Waals surface area contributed by atoms with Crippen LogP contribution < -0.4 is 5.32 Å². The summed E-state index contributed by atoms with van der Waals surface area (Å²) < 4.78 is 0. The molecule has 9 nitrogen and oxygen atoms in total. The maximum atomic E-state index is 11.7. The van der Waals surface area contributed by atoms with Gasteiger partial charge < -0.3 is 10.4 Å². The van der Waals surface area contributed by atoms with Crippen LogP contribution in [0.4, 0.5) is 5.69 Å². The number of hydrogen-bond donors (Lipinski definition) is 2. The van der Waals surface area contributed by atoms with E-state index in [1.54, 1.807) is 36.4 Å². The summed E-state index contributed by atoms with van der Waals surface area (Å²) in [5.41, 5.74) is 0.361. The number of benzene rings is 2. The van der Waals surface area contributed by atoms with Crippen molar-refractivity contribution in [3.05, 3.63) is 63.2 Å². The van der Waals surface area contributed by atoms with Crippen LogP contribution in [0.25, 0.3) is 0 Å². The van der Waals surface area contributed by atoms with Crippen molar-refractivity contribution >= 4 is 64.1 Å². The van der Waals surface area contributed by atoms with Crippen molar-refractivity contribution in [2.24, 2.45) is 10.2 Å². The van der Waals surface area contributed by atoms with Crippen LogP contribution in [0.3, 0.4) is 0 Å². The number of rotatable bonds is 7. The zero-order valence-corrected chi connectivity index (χ0v) is 17.4. The molecule has 1 fully saturated rings. The maximum Gasteiger partial charge on any atom is 0.305 e. The smallest absolute Gasteiger partial charge is 0.305 e. The van der Waals surface area contributed by atoms with Crippen LogP contribution in [0, 0.1) is 10.1 Å². The van der Waals surface area contributed by atoms with E-state index in [1.807, 2.05) is 0 Å². The number of carboxylic acids is 1. The third-order valence-corrected chi connectivity index (χ3v) is 6.11. The third kappa shape index (κ3) is 5.81. The van der Waals surface area contributed by atoms with Crippen LogP contribution >= 0.6 is 35.1 Å². The highest BCUT2D eigenvalue weighted by Crippen LogP contribution is 2.35. The first-order valence-electron chi connectivity index (χ1n) is 8.34. The van der Waals surface area contributed by atoms with Gasteiger partial charge in [0, 0.05) is 21.5 Å². The SMILES string of the molecule is O=C(O)CC1SC(=NN=Cc2ccc(Sc3ccc(Cl)cc3)c([N+](=O)[O-])c2)NC1=O. The summed E-state index contributed by atoms with van der Waals surface area (Å²) in [5.74, 6) is -1.54. The van der Waals surface area contributed by atoms with Crippen molar-refractivity contribution in [1.82, 2.24) is 5.32 Å². The van der Waals surface area contributed by atoms with Crippen LogP contribution in [0.5, 0.6) is 0 Å². The highest BCUT2D eigenvalue weighted by Gasteiger charge is 2.32. The Kier molecular flexibility index (Phi) is 7.08. The van der Waals surface area contributed by atoms with E-state index >= 15 is 0 Å². The summed E-state index contributed by atoms with van der Waals surface area (Å²) in [6.07, 6.45) is 0.992. The van der Waals surface area contributed by atoms with Crippen molar-refractivity contribution in [1.29, 1.82) is 0 Å². The number of halogens is 1. The van der Waals surface area contributed by atoms with E-state index in [2.05, 4.69) is 15.5 Å². The lowest BCUT2D eigenvalue weighted by Gasteiger charge is -2.04. The molecule has 0 spiro atoms. The number of carboxylic acid groups (broad SMARTS) is 1. The summed E-state index contributed by atoms with van der Waals surface area (Å²) in [6, 6.07) is 11.6. The molecule has 0 radical (unpaired) electrons. The Morgan fingerprint density at radius 3 is 2.73 bits per heavy atom.